The number of benzene rings is 2. The number of hydrazone groups is 1. The highest BCUT2D eigenvalue weighted by molar-refractivity contribution is 6.01. The number of carbonyl (C=O) groups is 1. The molecule has 0 atom stereocenters. The van der Waals surface area contributed by atoms with Crippen LogP contribution in [-0.4, -0.2) is 54.3 Å². The van der Waals surface area contributed by atoms with Crippen LogP contribution >= 0.6 is 0 Å². The molecule has 0 radical (unpaired) electrons. The van der Waals surface area contributed by atoms with Crippen molar-refractivity contribution in [3.05, 3.63) is 59.9 Å². The number of piperazine rings is 1. The molecule has 2 aromatic carbocycles. The van der Waals surface area contributed by atoms with E-state index in [-0.39, 0.29) is 17.2 Å². The highest BCUT2D eigenvalue weighted by Crippen LogP contribution is 2.18. The Hall–Kier alpha value is -2.93. The van der Waals surface area contributed by atoms with E-state index in [1.165, 1.54) is 23.9 Å². The first-order valence-corrected chi connectivity index (χ1v) is 9.37. The number of phenols is 1. The van der Waals surface area contributed by atoms with Crippen LogP contribution in [0.5, 0.6) is 5.75 Å². The third-order valence-electron chi connectivity index (χ3n) is 4.85. The van der Waals surface area contributed by atoms with E-state index >= 15 is 0 Å². The van der Waals surface area contributed by atoms with Gasteiger partial charge in [-0.15, -0.1) is 0 Å². The first kappa shape index (κ1) is 19.8. The number of para-hydroxylation sites is 1. The zero-order valence-electron chi connectivity index (χ0n) is 15.9. The maximum absolute atomic E-state index is 13.3. The SMILES string of the molecule is C/C(=N\NC(=O)CCN1CCN(c2ccccc2)CC1)c1cc(F)ccc1O. The first-order chi connectivity index (χ1) is 13.5. The first-order valence-electron chi connectivity index (χ1n) is 9.37. The van der Waals surface area contributed by atoms with Crippen LogP contribution in [0, 0.1) is 5.82 Å². The Morgan fingerprint density at radius 3 is 2.57 bits per heavy atom. The minimum Gasteiger partial charge on any atom is -0.507 e. The minimum absolute atomic E-state index is 0.0758. The van der Waals surface area contributed by atoms with Gasteiger partial charge in [0.15, 0.2) is 0 Å². The topological polar surface area (TPSA) is 68.2 Å². The monoisotopic (exact) mass is 384 g/mol. The fourth-order valence-electron chi connectivity index (χ4n) is 3.19. The van der Waals surface area contributed by atoms with Crippen molar-refractivity contribution in [1.29, 1.82) is 0 Å². The van der Waals surface area contributed by atoms with Crippen LogP contribution in [0.4, 0.5) is 10.1 Å². The van der Waals surface area contributed by atoms with Gasteiger partial charge >= 0.3 is 0 Å². The number of rotatable bonds is 6. The number of phenolic OH excluding ortho intramolecular Hbond substituents is 1. The van der Waals surface area contributed by atoms with Gasteiger partial charge in [-0.1, -0.05) is 18.2 Å². The fourth-order valence-corrected chi connectivity index (χ4v) is 3.19. The van der Waals surface area contributed by atoms with Gasteiger partial charge in [0, 0.05) is 50.4 Å². The number of hydrogen-bond acceptors (Lipinski definition) is 5. The van der Waals surface area contributed by atoms with Crippen molar-refractivity contribution in [3.63, 3.8) is 0 Å². The van der Waals surface area contributed by atoms with Crippen molar-refractivity contribution in [3.8, 4) is 5.75 Å². The molecule has 1 fully saturated rings. The quantitative estimate of drug-likeness (QED) is 0.593. The largest absolute Gasteiger partial charge is 0.507 e. The fraction of sp³-hybridized carbons (Fsp3) is 0.333. The molecule has 148 valence electrons. The minimum atomic E-state index is -0.469. The van der Waals surface area contributed by atoms with Crippen molar-refractivity contribution < 1.29 is 14.3 Å². The van der Waals surface area contributed by atoms with E-state index in [1.54, 1.807) is 6.92 Å². The Kier molecular flexibility index (Phi) is 6.60. The second-order valence-electron chi connectivity index (χ2n) is 6.81. The van der Waals surface area contributed by atoms with Gasteiger partial charge in [0.1, 0.15) is 11.6 Å². The lowest BCUT2D eigenvalue weighted by Crippen LogP contribution is -2.47. The lowest BCUT2D eigenvalue weighted by molar-refractivity contribution is -0.121. The summed E-state index contributed by atoms with van der Waals surface area (Å²) in [7, 11) is 0. The second-order valence-corrected chi connectivity index (χ2v) is 6.81. The molecule has 0 spiro atoms. The molecule has 1 aliphatic rings. The average molecular weight is 384 g/mol. The Bertz CT molecular complexity index is 834. The van der Waals surface area contributed by atoms with Crippen molar-refractivity contribution in [2.75, 3.05) is 37.6 Å². The van der Waals surface area contributed by atoms with E-state index in [4.69, 9.17) is 0 Å². The maximum Gasteiger partial charge on any atom is 0.241 e. The lowest BCUT2D eigenvalue weighted by Gasteiger charge is -2.36. The van der Waals surface area contributed by atoms with Gasteiger partial charge in [0.05, 0.1) is 5.71 Å². The summed E-state index contributed by atoms with van der Waals surface area (Å²) in [6, 6.07) is 13.9. The Morgan fingerprint density at radius 2 is 1.86 bits per heavy atom. The molecule has 28 heavy (non-hydrogen) atoms. The molecule has 1 aliphatic heterocycles. The summed E-state index contributed by atoms with van der Waals surface area (Å²) >= 11 is 0. The van der Waals surface area contributed by atoms with Crippen LogP contribution < -0.4 is 10.3 Å². The van der Waals surface area contributed by atoms with Gasteiger partial charge in [0.25, 0.3) is 0 Å². The summed E-state index contributed by atoms with van der Waals surface area (Å²) in [6.07, 6.45) is 0.331. The number of carbonyl (C=O) groups excluding carboxylic acids is 1. The van der Waals surface area contributed by atoms with Crippen LogP contribution in [0.3, 0.4) is 0 Å². The van der Waals surface area contributed by atoms with E-state index in [0.717, 1.165) is 26.2 Å². The molecule has 1 heterocycles. The van der Waals surface area contributed by atoms with E-state index in [9.17, 15) is 14.3 Å². The van der Waals surface area contributed by atoms with Gasteiger partial charge in [0.2, 0.25) is 5.91 Å². The standard InChI is InChI=1S/C21H25FN4O2/c1-16(19-15-17(22)7-8-20(19)27)23-24-21(28)9-10-25-11-13-26(14-12-25)18-5-3-2-4-6-18/h2-8,15,27H,9-14H2,1H3,(H,24,28)/b23-16+. The molecular weight excluding hydrogens is 359 g/mol. The Balaban J connectivity index is 1.43. The Morgan fingerprint density at radius 1 is 1.14 bits per heavy atom. The van der Waals surface area contributed by atoms with E-state index < -0.39 is 5.82 Å². The normalized spacial score (nSPS) is 15.5. The summed E-state index contributed by atoms with van der Waals surface area (Å²) in [5, 5.41) is 13.8. The molecule has 0 unspecified atom stereocenters. The average Bonchev–Trinajstić information content (AvgIpc) is 2.73. The molecule has 7 heteroatoms. The molecule has 0 aliphatic carbocycles. The van der Waals surface area contributed by atoms with Gasteiger partial charge < -0.3 is 10.0 Å². The predicted octanol–water partition coefficient (Wildman–Crippen LogP) is 2.58. The molecule has 2 aromatic rings. The number of amides is 1. The van der Waals surface area contributed by atoms with Crippen LogP contribution in [0.1, 0.15) is 18.9 Å². The van der Waals surface area contributed by atoms with Crippen LogP contribution in [0.15, 0.2) is 53.6 Å². The van der Waals surface area contributed by atoms with Gasteiger partial charge in [-0.05, 0) is 37.3 Å². The number of nitrogens with one attached hydrogen (secondary N) is 1. The highest BCUT2D eigenvalue weighted by atomic mass is 19.1. The number of hydrogen-bond donors (Lipinski definition) is 2. The summed E-state index contributed by atoms with van der Waals surface area (Å²) in [5.41, 5.74) is 4.32. The molecule has 1 saturated heterocycles. The number of halogens is 1. The van der Waals surface area contributed by atoms with Crippen LogP contribution in [-0.2, 0) is 4.79 Å². The smallest absolute Gasteiger partial charge is 0.241 e. The molecule has 2 N–H and O–H groups in total. The molecule has 0 aromatic heterocycles. The summed E-state index contributed by atoms with van der Waals surface area (Å²) in [5.74, 6) is -0.753. The highest BCUT2D eigenvalue weighted by Gasteiger charge is 2.17. The van der Waals surface area contributed by atoms with Crippen molar-refractivity contribution in [2.24, 2.45) is 5.10 Å². The lowest BCUT2D eigenvalue weighted by atomic mass is 10.1. The zero-order valence-corrected chi connectivity index (χ0v) is 15.9. The predicted molar refractivity (Wildman–Crippen MR) is 108 cm³/mol. The summed E-state index contributed by atoms with van der Waals surface area (Å²) in [6.45, 7) is 5.94. The van der Waals surface area contributed by atoms with Crippen molar-refractivity contribution in [2.45, 2.75) is 13.3 Å². The molecule has 3 rings (SSSR count). The second kappa shape index (κ2) is 9.32. The van der Waals surface area contributed by atoms with E-state index in [1.807, 2.05) is 18.2 Å². The van der Waals surface area contributed by atoms with Crippen molar-refractivity contribution >= 4 is 17.3 Å². The molecular formula is C21H25FN4O2. The molecule has 6 nitrogen and oxygen atoms in total. The maximum atomic E-state index is 13.3. The third kappa shape index (κ3) is 5.29. The van der Waals surface area contributed by atoms with Crippen LogP contribution in [0.2, 0.25) is 0 Å². The number of aromatic hydroxyl groups is 1. The zero-order chi connectivity index (χ0) is 19.9. The summed E-state index contributed by atoms with van der Waals surface area (Å²) < 4.78 is 13.3. The van der Waals surface area contributed by atoms with Crippen molar-refractivity contribution in [1.82, 2.24) is 10.3 Å². The third-order valence-corrected chi connectivity index (χ3v) is 4.85. The molecule has 0 bridgehead atoms. The van der Waals surface area contributed by atoms with E-state index in [2.05, 4.69) is 32.5 Å². The molecule has 0 saturated carbocycles. The van der Waals surface area contributed by atoms with Gasteiger partial charge in [-0.25, -0.2) is 9.82 Å². The number of nitrogens with zero attached hydrogens (tertiary/aromatic N) is 3. The van der Waals surface area contributed by atoms with E-state index in [0.29, 0.717) is 18.7 Å². The summed E-state index contributed by atoms with van der Waals surface area (Å²) in [4.78, 5) is 16.7. The number of anilines is 1. The van der Waals surface area contributed by atoms with Crippen LogP contribution in [0.25, 0.3) is 0 Å². The van der Waals surface area contributed by atoms with Gasteiger partial charge in [-0.2, -0.15) is 5.10 Å². The van der Waals surface area contributed by atoms with Gasteiger partial charge in [-0.3, -0.25) is 9.69 Å². The molecule has 1 amide bonds. The Labute approximate surface area is 164 Å².